The Morgan fingerprint density at radius 2 is 1.68 bits per heavy atom. The fourth-order valence-corrected chi connectivity index (χ4v) is 0.903. The monoisotopic (exact) mass is 265 g/mol. The molecule has 0 aliphatic rings. The highest BCUT2D eigenvalue weighted by molar-refractivity contribution is 5.89. The van der Waals surface area contributed by atoms with Gasteiger partial charge in [-0.05, 0) is 12.5 Å². The first kappa shape index (κ1) is 16.4. The van der Waals surface area contributed by atoms with E-state index in [1.54, 1.807) is 6.21 Å². The fraction of sp³-hybridized carbons (Fsp3) is 0.154. The number of carboxylic acids is 2. The number of rotatable bonds is 5. The van der Waals surface area contributed by atoms with E-state index in [0.29, 0.717) is 18.8 Å². The first-order chi connectivity index (χ1) is 9.06. The Morgan fingerprint density at radius 1 is 1.16 bits per heavy atom. The van der Waals surface area contributed by atoms with Gasteiger partial charge in [0.05, 0.1) is 0 Å². The maximum atomic E-state index is 9.55. The van der Waals surface area contributed by atoms with Gasteiger partial charge < -0.3 is 15.1 Å². The van der Waals surface area contributed by atoms with Crippen LogP contribution in [-0.2, 0) is 21.0 Å². The molecule has 0 aliphatic heterocycles. The molecular weight excluding hydrogens is 250 g/mol. The molecule has 1 rings (SSSR count). The molecule has 19 heavy (non-hydrogen) atoms. The van der Waals surface area contributed by atoms with Gasteiger partial charge in [-0.1, -0.05) is 35.5 Å². The van der Waals surface area contributed by atoms with E-state index in [1.807, 2.05) is 37.3 Å². The number of benzene rings is 1. The Kier molecular flexibility index (Phi) is 9.06. The van der Waals surface area contributed by atoms with E-state index in [1.165, 1.54) is 0 Å². The van der Waals surface area contributed by atoms with Crippen LogP contribution >= 0.6 is 0 Å². The molecule has 6 heteroatoms. The van der Waals surface area contributed by atoms with E-state index < -0.39 is 11.9 Å². The van der Waals surface area contributed by atoms with Crippen LogP contribution in [0.5, 0.6) is 0 Å². The average molecular weight is 265 g/mol. The summed E-state index contributed by atoms with van der Waals surface area (Å²) in [5, 5.41) is 19.3. The largest absolute Gasteiger partial charge is 0.478 e. The Bertz CT molecular complexity index is 424. The summed E-state index contributed by atoms with van der Waals surface area (Å²) in [7, 11) is 0. The van der Waals surface area contributed by atoms with Crippen molar-refractivity contribution in [2.75, 3.05) is 0 Å². The van der Waals surface area contributed by atoms with Gasteiger partial charge in [0.2, 0.25) is 0 Å². The van der Waals surface area contributed by atoms with Crippen molar-refractivity contribution >= 4 is 18.2 Å². The highest BCUT2D eigenvalue weighted by Gasteiger charge is 1.88. The second-order valence-electron chi connectivity index (χ2n) is 3.13. The molecule has 102 valence electrons. The summed E-state index contributed by atoms with van der Waals surface area (Å²) < 4.78 is 0. The molecule has 0 heterocycles. The number of carboxylic acid groups (broad SMARTS) is 2. The van der Waals surface area contributed by atoms with Gasteiger partial charge in [0.25, 0.3) is 0 Å². The minimum absolute atomic E-state index is 0.547. The van der Waals surface area contributed by atoms with E-state index >= 15 is 0 Å². The second-order valence-corrected chi connectivity index (χ2v) is 3.13. The van der Waals surface area contributed by atoms with Gasteiger partial charge in [-0.25, -0.2) is 9.59 Å². The summed E-state index contributed by atoms with van der Waals surface area (Å²) in [5.41, 5.74) is 1.14. The zero-order valence-electron chi connectivity index (χ0n) is 10.4. The number of carbonyl (C=O) groups is 2. The molecule has 1 aromatic rings. The molecular formula is C13H15NO5. The first-order valence-electron chi connectivity index (χ1n) is 5.34. The molecule has 0 amide bonds. The van der Waals surface area contributed by atoms with Crippen LogP contribution in [0.3, 0.4) is 0 Å². The Labute approximate surface area is 110 Å². The quantitative estimate of drug-likeness (QED) is 0.481. The topological polar surface area (TPSA) is 96.2 Å². The van der Waals surface area contributed by atoms with Crippen LogP contribution in [0.4, 0.5) is 0 Å². The lowest BCUT2D eigenvalue weighted by atomic mass is 10.2. The summed E-state index contributed by atoms with van der Waals surface area (Å²) in [5.74, 6) is -2.51. The molecule has 0 radical (unpaired) electrons. The summed E-state index contributed by atoms with van der Waals surface area (Å²) in [4.78, 5) is 24.0. The molecule has 0 spiro atoms. The maximum Gasteiger partial charge on any atom is 0.328 e. The number of nitrogens with zero attached hydrogens (tertiary/aromatic N) is 1. The van der Waals surface area contributed by atoms with Crippen molar-refractivity contribution in [3.05, 3.63) is 48.0 Å². The summed E-state index contributed by atoms with van der Waals surface area (Å²) in [6.07, 6.45) is 2.74. The molecule has 0 bridgehead atoms. The van der Waals surface area contributed by atoms with Crippen molar-refractivity contribution in [2.45, 2.75) is 13.5 Å². The predicted molar refractivity (Wildman–Crippen MR) is 69.8 cm³/mol. The van der Waals surface area contributed by atoms with E-state index in [2.05, 4.69) is 5.16 Å². The van der Waals surface area contributed by atoms with E-state index in [4.69, 9.17) is 15.1 Å². The summed E-state index contributed by atoms with van der Waals surface area (Å²) in [6.45, 7) is 2.37. The van der Waals surface area contributed by atoms with Gasteiger partial charge >= 0.3 is 11.9 Å². The number of hydrogen-bond donors (Lipinski definition) is 2. The summed E-state index contributed by atoms with van der Waals surface area (Å²) >= 11 is 0. The van der Waals surface area contributed by atoms with Crippen molar-refractivity contribution < 1.29 is 24.6 Å². The Morgan fingerprint density at radius 3 is 2.11 bits per heavy atom. The third-order valence-corrected chi connectivity index (χ3v) is 1.62. The molecule has 0 fully saturated rings. The standard InChI is InChI=1S/C9H11NO.C4H4O4/c1-2-10-11-8-9-6-4-3-5-7-9;5-3(6)1-2-4(7)8/h2-7H,8H2,1H3;1-2H,(H,5,6)(H,7,8)/b;2-1-. The van der Waals surface area contributed by atoms with Crippen LogP contribution < -0.4 is 0 Å². The first-order valence-corrected chi connectivity index (χ1v) is 5.34. The third-order valence-electron chi connectivity index (χ3n) is 1.62. The molecule has 1 aromatic carbocycles. The fourth-order valence-electron chi connectivity index (χ4n) is 0.903. The van der Waals surface area contributed by atoms with Crippen LogP contribution in [0.15, 0.2) is 47.6 Å². The van der Waals surface area contributed by atoms with Gasteiger partial charge in [-0.2, -0.15) is 0 Å². The molecule has 0 saturated heterocycles. The Balaban J connectivity index is 0.000000362. The average Bonchev–Trinajstić information content (AvgIpc) is 2.39. The van der Waals surface area contributed by atoms with Gasteiger partial charge in [0.1, 0.15) is 6.61 Å². The van der Waals surface area contributed by atoms with Crippen molar-refractivity contribution in [1.82, 2.24) is 0 Å². The molecule has 0 atom stereocenters. The number of aliphatic carboxylic acids is 2. The van der Waals surface area contributed by atoms with Crippen LogP contribution in [0.25, 0.3) is 0 Å². The molecule has 0 unspecified atom stereocenters. The number of hydrogen-bond acceptors (Lipinski definition) is 4. The van der Waals surface area contributed by atoms with Gasteiger partial charge in [0, 0.05) is 18.4 Å². The van der Waals surface area contributed by atoms with Crippen LogP contribution in [-0.4, -0.2) is 28.4 Å². The smallest absolute Gasteiger partial charge is 0.328 e. The molecule has 6 nitrogen and oxygen atoms in total. The van der Waals surface area contributed by atoms with Crippen molar-refractivity contribution in [1.29, 1.82) is 0 Å². The van der Waals surface area contributed by atoms with Crippen molar-refractivity contribution in [2.24, 2.45) is 5.16 Å². The Hall–Kier alpha value is -2.63. The van der Waals surface area contributed by atoms with E-state index in [-0.39, 0.29) is 0 Å². The third kappa shape index (κ3) is 11.6. The molecule has 0 aromatic heterocycles. The van der Waals surface area contributed by atoms with Crippen LogP contribution in [0.1, 0.15) is 12.5 Å². The lowest BCUT2D eigenvalue weighted by Crippen LogP contribution is -1.91. The molecule has 0 aliphatic carbocycles. The van der Waals surface area contributed by atoms with Gasteiger partial charge in [-0.15, -0.1) is 0 Å². The van der Waals surface area contributed by atoms with Crippen molar-refractivity contribution in [3.63, 3.8) is 0 Å². The van der Waals surface area contributed by atoms with Gasteiger partial charge in [0.15, 0.2) is 0 Å². The van der Waals surface area contributed by atoms with E-state index in [9.17, 15) is 9.59 Å². The maximum absolute atomic E-state index is 9.55. The molecule has 0 saturated carbocycles. The van der Waals surface area contributed by atoms with Crippen LogP contribution in [0.2, 0.25) is 0 Å². The second kappa shape index (κ2) is 10.5. The highest BCUT2D eigenvalue weighted by atomic mass is 16.6. The highest BCUT2D eigenvalue weighted by Crippen LogP contribution is 1.99. The normalized spacial score (nSPS) is 9.95. The lowest BCUT2D eigenvalue weighted by Gasteiger charge is -1.97. The minimum atomic E-state index is -1.26. The SMILES string of the molecule is CC=NOCc1ccccc1.O=C(O)/C=C\C(=O)O. The lowest BCUT2D eigenvalue weighted by molar-refractivity contribution is -0.134. The zero-order valence-corrected chi connectivity index (χ0v) is 10.4. The van der Waals surface area contributed by atoms with Gasteiger partial charge in [-0.3, -0.25) is 0 Å². The predicted octanol–water partition coefficient (Wildman–Crippen LogP) is 1.92. The van der Waals surface area contributed by atoms with Crippen molar-refractivity contribution in [3.8, 4) is 0 Å². The summed E-state index contributed by atoms with van der Waals surface area (Å²) in [6, 6.07) is 9.95. The zero-order chi connectivity index (χ0) is 14.5. The van der Waals surface area contributed by atoms with Crippen LogP contribution in [0, 0.1) is 0 Å². The number of oxime groups is 1. The minimum Gasteiger partial charge on any atom is -0.478 e. The molecule has 2 N–H and O–H groups in total. The van der Waals surface area contributed by atoms with E-state index in [0.717, 1.165) is 5.56 Å².